The Kier molecular flexibility index (Phi) is 4.42. The van der Waals surface area contributed by atoms with Crippen molar-refractivity contribution in [3.8, 4) is 0 Å². The SMILES string of the molecule is O=C(c1cnc2ccccc2c1)N1CCN(CCO)[C@@H]2CS(=O)(=O)C[C@@H]21. The zero-order valence-corrected chi connectivity index (χ0v) is 15.1. The standard InChI is InChI=1S/C18H21N3O4S/c22-8-7-20-5-6-21(17-12-26(24,25)11-16(17)20)18(23)14-9-13-3-1-2-4-15(13)19-10-14/h1-4,9-10,16-17,22H,5-8,11-12H2/t16-,17+/m1/s1. The van der Waals surface area contributed by atoms with Gasteiger partial charge in [-0.25, -0.2) is 8.42 Å². The Morgan fingerprint density at radius 2 is 1.96 bits per heavy atom. The topological polar surface area (TPSA) is 90.8 Å². The van der Waals surface area contributed by atoms with Crippen LogP contribution in [-0.2, 0) is 9.84 Å². The number of β-amino-alcohol motifs (C(OH)–C–C–N with tert-alkyl or cyclic N) is 1. The molecule has 0 bridgehead atoms. The van der Waals surface area contributed by atoms with Gasteiger partial charge in [0.25, 0.3) is 5.91 Å². The van der Waals surface area contributed by atoms with Crippen molar-refractivity contribution >= 4 is 26.6 Å². The van der Waals surface area contributed by atoms with Gasteiger partial charge in [0, 0.05) is 37.3 Å². The molecular formula is C18H21N3O4S. The van der Waals surface area contributed by atoms with Gasteiger partial charge in [-0.2, -0.15) is 0 Å². The Bertz CT molecular complexity index is 946. The highest BCUT2D eigenvalue weighted by molar-refractivity contribution is 7.91. The van der Waals surface area contributed by atoms with Gasteiger partial charge in [-0.1, -0.05) is 18.2 Å². The fourth-order valence-corrected chi connectivity index (χ4v) is 6.05. The number of sulfone groups is 1. The van der Waals surface area contributed by atoms with E-state index in [0.29, 0.717) is 25.2 Å². The molecule has 7 nitrogen and oxygen atoms in total. The highest BCUT2D eigenvalue weighted by Crippen LogP contribution is 2.28. The average molecular weight is 375 g/mol. The summed E-state index contributed by atoms with van der Waals surface area (Å²) < 4.78 is 24.4. The molecule has 0 aliphatic carbocycles. The number of carbonyl (C=O) groups is 1. The molecule has 1 aromatic heterocycles. The zero-order valence-electron chi connectivity index (χ0n) is 14.3. The van der Waals surface area contributed by atoms with Gasteiger partial charge in [0.05, 0.1) is 35.2 Å². The first-order valence-corrected chi connectivity index (χ1v) is 10.5. The quantitative estimate of drug-likeness (QED) is 0.821. The van der Waals surface area contributed by atoms with Crippen LogP contribution in [0.4, 0.5) is 0 Å². The maximum absolute atomic E-state index is 13.1. The fourth-order valence-electron chi connectivity index (χ4n) is 4.04. The number of carbonyl (C=O) groups excluding carboxylic acids is 1. The third-order valence-corrected chi connectivity index (χ3v) is 6.98. The second kappa shape index (κ2) is 6.61. The lowest BCUT2D eigenvalue weighted by Crippen LogP contribution is -2.61. The second-order valence-electron chi connectivity index (χ2n) is 6.89. The molecule has 4 rings (SSSR count). The summed E-state index contributed by atoms with van der Waals surface area (Å²) >= 11 is 0. The molecule has 1 aromatic carbocycles. The molecule has 1 amide bonds. The molecule has 2 saturated heterocycles. The third kappa shape index (κ3) is 3.08. The lowest BCUT2D eigenvalue weighted by molar-refractivity contribution is 0.0281. The Morgan fingerprint density at radius 1 is 1.19 bits per heavy atom. The van der Waals surface area contributed by atoms with Gasteiger partial charge in [-0.05, 0) is 12.1 Å². The first kappa shape index (κ1) is 17.4. The molecule has 2 fully saturated rings. The monoisotopic (exact) mass is 375 g/mol. The number of para-hydroxylation sites is 1. The molecule has 2 aromatic rings. The van der Waals surface area contributed by atoms with Crippen molar-refractivity contribution in [1.82, 2.24) is 14.8 Å². The minimum atomic E-state index is -3.20. The molecule has 138 valence electrons. The number of nitrogens with zero attached hydrogens (tertiary/aromatic N) is 3. The van der Waals surface area contributed by atoms with Crippen molar-refractivity contribution in [1.29, 1.82) is 0 Å². The Labute approximate surface area is 152 Å². The van der Waals surface area contributed by atoms with E-state index in [1.54, 1.807) is 11.1 Å². The molecule has 0 spiro atoms. The number of hydrogen-bond donors (Lipinski definition) is 1. The van der Waals surface area contributed by atoms with Crippen molar-refractivity contribution < 1.29 is 18.3 Å². The summed E-state index contributed by atoms with van der Waals surface area (Å²) in [6.07, 6.45) is 1.56. The van der Waals surface area contributed by atoms with E-state index in [2.05, 4.69) is 4.98 Å². The second-order valence-corrected chi connectivity index (χ2v) is 9.04. The lowest BCUT2D eigenvalue weighted by atomic mass is 10.0. The van der Waals surface area contributed by atoms with Crippen molar-refractivity contribution in [3.63, 3.8) is 0 Å². The predicted molar refractivity (Wildman–Crippen MR) is 97.7 cm³/mol. The van der Waals surface area contributed by atoms with Gasteiger partial charge in [0.2, 0.25) is 0 Å². The van der Waals surface area contributed by atoms with E-state index in [0.717, 1.165) is 10.9 Å². The third-order valence-electron chi connectivity index (χ3n) is 5.28. The number of fused-ring (bicyclic) bond motifs is 2. The highest BCUT2D eigenvalue weighted by atomic mass is 32.2. The molecule has 8 heteroatoms. The molecule has 26 heavy (non-hydrogen) atoms. The van der Waals surface area contributed by atoms with E-state index in [9.17, 15) is 18.3 Å². The average Bonchev–Trinajstić information content (AvgIpc) is 2.96. The number of rotatable bonds is 3. The molecular weight excluding hydrogens is 354 g/mol. The van der Waals surface area contributed by atoms with E-state index in [4.69, 9.17) is 0 Å². The van der Waals surface area contributed by atoms with Gasteiger partial charge in [0.15, 0.2) is 9.84 Å². The van der Waals surface area contributed by atoms with Gasteiger partial charge in [0.1, 0.15) is 0 Å². The molecule has 0 radical (unpaired) electrons. The summed E-state index contributed by atoms with van der Waals surface area (Å²) in [5.41, 5.74) is 1.29. The number of aromatic nitrogens is 1. The van der Waals surface area contributed by atoms with Crippen molar-refractivity contribution in [2.45, 2.75) is 12.1 Å². The van der Waals surface area contributed by atoms with E-state index in [1.165, 1.54) is 0 Å². The van der Waals surface area contributed by atoms with Crippen molar-refractivity contribution in [3.05, 3.63) is 42.1 Å². The van der Waals surface area contributed by atoms with Gasteiger partial charge in [-0.3, -0.25) is 14.7 Å². The number of pyridine rings is 1. The largest absolute Gasteiger partial charge is 0.395 e. The summed E-state index contributed by atoms with van der Waals surface area (Å²) in [5.74, 6) is -0.164. The number of benzene rings is 1. The van der Waals surface area contributed by atoms with Crippen LogP contribution < -0.4 is 0 Å². The molecule has 2 atom stereocenters. The van der Waals surface area contributed by atoms with Crippen LogP contribution in [-0.4, -0.2) is 84.0 Å². The van der Waals surface area contributed by atoms with Crippen LogP contribution in [0.2, 0.25) is 0 Å². The molecule has 3 heterocycles. The van der Waals surface area contributed by atoms with Crippen LogP contribution in [0.3, 0.4) is 0 Å². The highest BCUT2D eigenvalue weighted by Gasteiger charge is 2.47. The Morgan fingerprint density at radius 3 is 2.77 bits per heavy atom. The molecule has 0 saturated carbocycles. The summed E-state index contributed by atoms with van der Waals surface area (Å²) in [6.45, 7) is 1.41. The van der Waals surface area contributed by atoms with Gasteiger partial charge < -0.3 is 10.0 Å². The molecule has 2 aliphatic rings. The van der Waals surface area contributed by atoms with E-state index < -0.39 is 9.84 Å². The number of piperazine rings is 1. The Balaban J connectivity index is 1.64. The van der Waals surface area contributed by atoms with E-state index in [-0.39, 0.29) is 36.1 Å². The van der Waals surface area contributed by atoms with Crippen LogP contribution in [0.5, 0.6) is 0 Å². The van der Waals surface area contributed by atoms with E-state index >= 15 is 0 Å². The van der Waals surface area contributed by atoms with Gasteiger partial charge in [-0.15, -0.1) is 0 Å². The van der Waals surface area contributed by atoms with Gasteiger partial charge >= 0.3 is 0 Å². The normalized spacial score (nSPS) is 25.3. The smallest absolute Gasteiger partial charge is 0.255 e. The van der Waals surface area contributed by atoms with Crippen molar-refractivity contribution in [2.75, 3.05) is 37.7 Å². The number of hydrogen-bond acceptors (Lipinski definition) is 6. The maximum Gasteiger partial charge on any atom is 0.255 e. The minimum absolute atomic E-state index is 0.0215. The first-order valence-electron chi connectivity index (χ1n) is 8.69. The van der Waals surface area contributed by atoms with Crippen LogP contribution >= 0.6 is 0 Å². The van der Waals surface area contributed by atoms with Crippen molar-refractivity contribution in [2.24, 2.45) is 0 Å². The molecule has 1 N–H and O–H groups in total. The zero-order chi connectivity index (χ0) is 18.3. The van der Waals surface area contributed by atoms with Crippen LogP contribution in [0.25, 0.3) is 10.9 Å². The fraction of sp³-hybridized carbons (Fsp3) is 0.444. The summed E-state index contributed by atoms with van der Waals surface area (Å²) in [6, 6.07) is 8.76. The van der Waals surface area contributed by atoms with Crippen LogP contribution in [0.15, 0.2) is 36.5 Å². The maximum atomic E-state index is 13.1. The first-order chi connectivity index (χ1) is 12.5. The molecule has 0 unspecified atom stereocenters. The Hall–Kier alpha value is -2.03. The summed E-state index contributed by atoms with van der Waals surface area (Å²) in [7, 11) is -3.20. The number of aliphatic hydroxyl groups excluding tert-OH is 1. The van der Waals surface area contributed by atoms with E-state index in [1.807, 2.05) is 35.2 Å². The van der Waals surface area contributed by atoms with Crippen LogP contribution in [0.1, 0.15) is 10.4 Å². The van der Waals surface area contributed by atoms with Crippen LogP contribution in [0, 0.1) is 0 Å². The minimum Gasteiger partial charge on any atom is -0.395 e. The summed E-state index contributed by atoms with van der Waals surface area (Å²) in [5, 5.41) is 10.1. The number of aliphatic hydroxyl groups is 1. The summed E-state index contributed by atoms with van der Waals surface area (Å²) in [4.78, 5) is 21.1. The number of amides is 1. The molecule has 2 aliphatic heterocycles. The lowest BCUT2D eigenvalue weighted by Gasteiger charge is -2.43. The predicted octanol–water partition coefficient (Wildman–Crippen LogP) is 0.151.